The molecule has 1 N–H and O–H groups in total. The van der Waals surface area contributed by atoms with Gasteiger partial charge in [0.15, 0.2) is 5.58 Å². The first-order chi connectivity index (χ1) is 11.7. The number of hydrogen-bond acceptors (Lipinski definition) is 4. The number of rotatable bonds is 2. The van der Waals surface area contributed by atoms with Crippen LogP contribution in [0.5, 0.6) is 0 Å². The predicted molar refractivity (Wildman–Crippen MR) is 88.6 cm³/mol. The van der Waals surface area contributed by atoms with E-state index in [9.17, 15) is 9.59 Å². The fourth-order valence-electron chi connectivity index (χ4n) is 3.68. The van der Waals surface area contributed by atoms with E-state index >= 15 is 0 Å². The third kappa shape index (κ3) is 2.04. The molecule has 24 heavy (non-hydrogen) atoms. The summed E-state index contributed by atoms with van der Waals surface area (Å²) in [5.41, 5.74) is 2.70. The van der Waals surface area contributed by atoms with Gasteiger partial charge in [0.25, 0.3) is 0 Å². The van der Waals surface area contributed by atoms with Crippen molar-refractivity contribution in [2.24, 2.45) is 0 Å². The number of piperidine rings is 1. The number of nitrogens with one attached hydrogen (secondary N) is 1. The molecule has 1 unspecified atom stereocenters. The summed E-state index contributed by atoms with van der Waals surface area (Å²) >= 11 is 0. The average molecular weight is 320 g/mol. The maximum atomic E-state index is 12.2. The Bertz CT molecular complexity index is 1000. The highest BCUT2D eigenvalue weighted by atomic mass is 16.5. The Morgan fingerprint density at radius 1 is 1.08 bits per heavy atom. The molecular weight excluding hydrogens is 304 g/mol. The molecule has 2 aromatic carbocycles. The Morgan fingerprint density at radius 2 is 1.96 bits per heavy atom. The summed E-state index contributed by atoms with van der Waals surface area (Å²) in [7, 11) is 0. The third-order valence-electron chi connectivity index (χ3n) is 5.12. The van der Waals surface area contributed by atoms with E-state index in [4.69, 9.17) is 4.52 Å². The van der Waals surface area contributed by atoms with Gasteiger partial charge in [0, 0.05) is 6.42 Å². The lowest BCUT2D eigenvalue weighted by atomic mass is 9.91. The van der Waals surface area contributed by atoms with Crippen LogP contribution in [0.15, 0.2) is 34.9 Å². The van der Waals surface area contributed by atoms with Crippen LogP contribution in [0.25, 0.3) is 21.7 Å². The zero-order chi connectivity index (χ0) is 16.3. The zero-order valence-corrected chi connectivity index (χ0v) is 13.0. The molecule has 120 valence electrons. The minimum Gasteiger partial charge on any atom is -0.356 e. The van der Waals surface area contributed by atoms with Crippen LogP contribution < -0.4 is 5.32 Å². The van der Waals surface area contributed by atoms with Crippen LogP contribution in [0.4, 0.5) is 0 Å². The van der Waals surface area contributed by atoms with Crippen LogP contribution in [0.1, 0.15) is 48.8 Å². The van der Waals surface area contributed by atoms with Crippen LogP contribution in [-0.2, 0) is 9.59 Å². The first-order valence-electron chi connectivity index (χ1n) is 8.36. The van der Waals surface area contributed by atoms with Crippen molar-refractivity contribution in [2.75, 3.05) is 0 Å². The topological polar surface area (TPSA) is 72.2 Å². The maximum absolute atomic E-state index is 12.2. The van der Waals surface area contributed by atoms with Crippen molar-refractivity contribution in [1.29, 1.82) is 0 Å². The van der Waals surface area contributed by atoms with Crippen molar-refractivity contribution in [3.63, 3.8) is 0 Å². The molecule has 5 nitrogen and oxygen atoms in total. The molecule has 1 aromatic heterocycles. The van der Waals surface area contributed by atoms with Crippen molar-refractivity contribution in [3.8, 4) is 0 Å². The SMILES string of the molecule is O=C1CCC(c2noc3ccc4cc(C5CC5)ccc4c23)C(=O)N1. The highest BCUT2D eigenvalue weighted by Gasteiger charge is 2.32. The van der Waals surface area contributed by atoms with Gasteiger partial charge in [0.05, 0.1) is 11.3 Å². The molecule has 1 saturated carbocycles. The molecule has 1 saturated heterocycles. The number of fused-ring (bicyclic) bond motifs is 3. The molecule has 2 amide bonds. The zero-order valence-electron chi connectivity index (χ0n) is 13.0. The van der Waals surface area contributed by atoms with Gasteiger partial charge in [0.1, 0.15) is 5.69 Å². The summed E-state index contributed by atoms with van der Waals surface area (Å²) < 4.78 is 5.46. The molecule has 0 bridgehead atoms. The fraction of sp³-hybridized carbons (Fsp3) is 0.316. The van der Waals surface area contributed by atoms with Crippen LogP contribution in [0.2, 0.25) is 0 Å². The Hall–Kier alpha value is -2.69. The highest BCUT2D eigenvalue weighted by Crippen LogP contribution is 2.42. The average Bonchev–Trinajstić information content (AvgIpc) is 3.34. The fourth-order valence-corrected chi connectivity index (χ4v) is 3.68. The van der Waals surface area contributed by atoms with Crippen molar-refractivity contribution in [3.05, 3.63) is 41.6 Å². The van der Waals surface area contributed by atoms with Crippen molar-refractivity contribution < 1.29 is 14.1 Å². The second-order valence-electron chi connectivity index (χ2n) is 6.77. The van der Waals surface area contributed by atoms with Gasteiger partial charge in [-0.05, 0) is 47.6 Å². The second-order valence-corrected chi connectivity index (χ2v) is 6.77. The molecule has 5 heteroatoms. The largest absolute Gasteiger partial charge is 0.356 e. The van der Waals surface area contributed by atoms with E-state index in [-0.39, 0.29) is 11.8 Å². The van der Waals surface area contributed by atoms with Gasteiger partial charge in [-0.25, -0.2) is 0 Å². The number of nitrogens with zero attached hydrogens (tertiary/aromatic N) is 1. The number of carbonyl (C=O) groups excluding carboxylic acids is 2. The van der Waals surface area contributed by atoms with Crippen molar-refractivity contribution >= 4 is 33.6 Å². The Morgan fingerprint density at radius 3 is 2.75 bits per heavy atom. The van der Waals surface area contributed by atoms with E-state index in [0.717, 1.165) is 16.2 Å². The first-order valence-corrected chi connectivity index (χ1v) is 8.36. The molecule has 1 aliphatic heterocycles. The van der Waals surface area contributed by atoms with E-state index in [2.05, 4.69) is 28.7 Å². The van der Waals surface area contributed by atoms with Gasteiger partial charge in [0.2, 0.25) is 11.8 Å². The van der Waals surface area contributed by atoms with E-state index in [1.165, 1.54) is 18.4 Å². The second kappa shape index (κ2) is 4.90. The van der Waals surface area contributed by atoms with Crippen LogP contribution in [-0.4, -0.2) is 17.0 Å². The number of amides is 2. The molecule has 3 aromatic rings. The third-order valence-corrected chi connectivity index (χ3v) is 5.12. The molecule has 2 aliphatic rings. The van der Waals surface area contributed by atoms with Gasteiger partial charge in [-0.15, -0.1) is 0 Å². The van der Waals surface area contributed by atoms with Crippen LogP contribution >= 0.6 is 0 Å². The van der Waals surface area contributed by atoms with Crippen LogP contribution in [0, 0.1) is 0 Å². The van der Waals surface area contributed by atoms with E-state index < -0.39 is 5.92 Å². The quantitative estimate of drug-likeness (QED) is 0.735. The lowest BCUT2D eigenvalue weighted by Gasteiger charge is -2.19. The predicted octanol–water partition coefficient (Wildman–Crippen LogP) is 3.38. The van der Waals surface area contributed by atoms with Gasteiger partial charge in [-0.2, -0.15) is 0 Å². The normalized spacial score (nSPS) is 21.4. The number of aromatic nitrogens is 1. The number of carbonyl (C=O) groups is 2. The number of hydrogen-bond donors (Lipinski definition) is 1. The molecule has 2 fully saturated rings. The molecule has 2 heterocycles. The van der Waals surface area contributed by atoms with Gasteiger partial charge in [-0.3, -0.25) is 14.9 Å². The van der Waals surface area contributed by atoms with E-state index in [1.54, 1.807) is 0 Å². The van der Waals surface area contributed by atoms with Gasteiger partial charge >= 0.3 is 0 Å². The lowest BCUT2D eigenvalue weighted by molar-refractivity contribution is -0.134. The van der Waals surface area contributed by atoms with E-state index in [0.29, 0.717) is 30.0 Å². The Kier molecular flexibility index (Phi) is 2.80. The monoisotopic (exact) mass is 320 g/mol. The molecule has 1 aliphatic carbocycles. The molecular formula is C19H16N2O3. The first kappa shape index (κ1) is 13.7. The van der Waals surface area contributed by atoms with Gasteiger partial charge in [-0.1, -0.05) is 29.4 Å². The number of benzene rings is 2. The number of imide groups is 1. The summed E-state index contributed by atoms with van der Waals surface area (Å²) in [6, 6.07) is 10.5. The van der Waals surface area contributed by atoms with Crippen molar-refractivity contribution in [2.45, 2.75) is 37.5 Å². The maximum Gasteiger partial charge on any atom is 0.235 e. The van der Waals surface area contributed by atoms with Crippen LogP contribution in [0.3, 0.4) is 0 Å². The minimum absolute atomic E-state index is 0.219. The molecule has 1 atom stereocenters. The standard InChI is InChI=1S/C19H16N2O3/c22-16-8-6-14(19(23)20-16)18-17-13-5-3-11(10-1-2-10)9-12(13)4-7-15(17)24-21-18/h3-5,7,9-10,14H,1-2,6,8H2,(H,20,22,23). The Labute approximate surface area is 138 Å². The Balaban J connectivity index is 1.69. The molecule has 0 radical (unpaired) electrons. The summed E-state index contributed by atoms with van der Waals surface area (Å²) in [6.45, 7) is 0. The lowest BCUT2D eigenvalue weighted by Crippen LogP contribution is -2.39. The summed E-state index contributed by atoms with van der Waals surface area (Å²) in [5.74, 6) is -0.240. The van der Waals surface area contributed by atoms with Gasteiger partial charge < -0.3 is 4.52 Å². The summed E-state index contributed by atoms with van der Waals surface area (Å²) in [6.07, 6.45) is 3.34. The molecule has 0 spiro atoms. The van der Waals surface area contributed by atoms with E-state index in [1.807, 2.05) is 12.1 Å². The summed E-state index contributed by atoms with van der Waals surface area (Å²) in [5, 5.41) is 9.66. The minimum atomic E-state index is -0.433. The summed E-state index contributed by atoms with van der Waals surface area (Å²) in [4.78, 5) is 23.6. The molecule has 5 rings (SSSR count). The smallest absolute Gasteiger partial charge is 0.235 e. The highest BCUT2D eigenvalue weighted by molar-refractivity contribution is 6.10. The van der Waals surface area contributed by atoms with Crippen molar-refractivity contribution in [1.82, 2.24) is 10.5 Å².